The SMILES string of the molecule is CCCCCCCCOC(=O)/C(C)=C(/C)C(=O)O. The molecule has 0 aliphatic rings. The molecule has 0 spiro atoms. The van der Waals surface area contributed by atoms with Gasteiger partial charge in [0.25, 0.3) is 0 Å². The van der Waals surface area contributed by atoms with Gasteiger partial charge in [-0.15, -0.1) is 0 Å². The molecule has 0 aliphatic carbocycles. The zero-order chi connectivity index (χ0) is 14.0. The molecule has 0 fully saturated rings. The van der Waals surface area contributed by atoms with Gasteiger partial charge in [-0.05, 0) is 20.3 Å². The lowest BCUT2D eigenvalue weighted by Crippen LogP contribution is -2.11. The average Bonchev–Trinajstić information content (AvgIpc) is 2.35. The molecule has 0 saturated carbocycles. The summed E-state index contributed by atoms with van der Waals surface area (Å²) in [6.45, 7) is 5.42. The number of carboxylic acids is 1. The first kappa shape index (κ1) is 16.7. The zero-order valence-corrected chi connectivity index (χ0v) is 11.6. The second-order valence-electron chi connectivity index (χ2n) is 4.46. The Bertz CT molecular complexity index is 305. The van der Waals surface area contributed by atoms with Crippen molar-refractivity contribution in [3.05, 3.63) is 11.1 Å². The van der Waals surface area contributed by atoms with Crippen molar-refractivity contribution in [3.63, 3.8) is 0 Å². The Balaban J connectivity index is 3.78. The summed E-state index contributed by atoms with van der Waals surface area (Å²) in [5.41, 5.74) is 0.219. The predicted octanol–water partition coefficient (Wildman–Crippen LogP) is 3.31. The number of unbranched alkanes of at least 4 members (excludes halogenated alkanes) is 5. The molecule has 0 aromatic rings. The van der Waals surface area contributed by atoms with Crippen molar-refractivity contribution in [2.24, 2.45) is 0 Å². The van der Waals surface area contributed by atoms with Crippen LogP contribution in [0.25, 0.3) is 0 Å². The van der Waals surface area contributed by atoms with Gasteiger partial charge in [-0.1, -0.05) is 39.0 Å². The van der Waals surface area contributed by atoms with Crippen LogP contribution < -0.4 is 0 Å². The third kappa shape index (κ3) is 7.09. The monoisotopic (exact) mass is 256 g/mol. The van der Waals surface area contributed by atoms with Gasteiger partial charge in [0.2, 0.25) is 0 Å². The van der Waals surface area contributed by atoms with Gasteiger partial charge in [-0.2, -0.15) is 0 Å². The second kappa shape index (κ2) is 9.68. The molecular formula is C14H24O4. The van der Waals surface area contributed by atoms with Gasteiger partial charge in [0.15, 0.2) is 0 Å². The first-order valence-electron chi connectivity index (χ1n) is 6.58. The maximum Gasteiger partial charge on any atom is 0.334 e. The Hall–Kier alpha value is -1.32. The highest BCUT2D eigenvalue weighted by molar-refractivity contribution is 5.98. The third-order valence-electron chi connectivity index (χ3n) is 2.92. The van der Waals surface area contributed by atoms with Gasteiger partial charge < -0.3 is 9.84 Å². The summed E-state index contributed by atoms with van der Waals surface area (Å²) in [5, 5.41) is 8.73. The summed E-state index contributed by atoms with van der Waals surface area (Å²) in [5.74, 6) is -1.60. The van der Waals surface area contributed by atoms with Gasteiger partial charge in [0.1, 0.15) is 0 Å². The van der Waals surface area contributed by atoms with E-state index in [2.05, 4.69) is 6.92 Å². The number of ether oxygens (including phenoxy) is 1. The van der Waals surface area contributed by atoms with E-state index < -0.39 is 11.9 Å². The molecule has 0 aromatic carbocycles. The highest BCUT2D eigenvalue weighted by Gasteiger charge is 2.13. The van der Waals surface area contributed by atoms with E-state index in [-0.39, 0.29) is 11.1 Å². The Morgan fingerprint density at radius 1 is 0.944 bits per heavy atom. The molecule has 0 aliphatic heterocycles. The molecule has 0 radical (unpaired) electrons. The molecule has 4 heteroatoms. The smallest absolute Gasteiger partial charge is 0.334 e. The highest BCUT2D eigenvalue weighted by Crippen LogP contribution is 2.08. The molecule has 0 aromatic heterocycles. The summed E-state index contributed by atoms with van der Waals surface area (Å²) in [6, 6.07) is 0. The van der Waals surface area contributed by atoms with Crippen molar-refractivity contribution < 1.29 is 19.4 Å². The summed E-state index contributed by atoms with van der Waals surface area (Å²) in [7, 11) is 0. The Morgan fingerprint density at radius 3 is 2.06 bits per heavy atom. The fraction of sp³-hybridized carbons (Fsp3) is 0.714. The minimum absolute atomic E-state index is 0.0444. The molecule has 0 heterocycles. The first-order valence-corrected chi connectivity index (χ1v) is 6.58. The van der Waals surface area contributed by atoms with Gasteiger partial charge >= 0.3 is 11.9 Å². The molecule has 0 atom stereocenters. The van der Waals surface area contributed by atoms with Crippen LogP contribution in [-0.4, -0.2) is 23.7 Å². The van der Waals surface area contributed by atoms with Crippen molar-refractivity contribution in [2.75, 3.05) is 6.61 Å². The lowest BCUT2D eigenvalue weighted by atomic mass is 10.1. The molecule has 18 heavy (non-hydrogen) atoms. The fourth-order valence-corrected chi connectivity index (χ4v) is 1.47. The molecule has 4 nitrogen and oxygen atoms in total. The van der Waals surface area contributed by atoms with E-state index in [1.807, 2.05) is 0 Å². The van der Waals surface area contributed by atoms with Crippen molar-refractivity contribution in [1.82, 2.24) is 0 Å². The molecule has 1 N–H and O–H groups in total. The quantitative estimate of drug-likeness (QED) is 0.390. The van der Waals surface area contributed by atoms with E-state index in [0.29, 0.717) is 6.61 Å². The number of aliphatic carboxylic acids is 1. The average molecular weight is 256 g/mol. The largest absolute Gasteiger partial charge is 0.478 e. The Labute approximate surface area is 109 Å². The van der Waals surface area contributed by atoms with Crippen molar-refractivity contribution in [1.29, 1.82) is 0 Å². The van der Waals surface area contributed by atoms with E-state index in [1.165, 1.54) is 33.1 Å². The van der Waals surface area contributed by atoms with Crippen LogP contribution in [0.4, 0.5) is 0 Å². The molecule has 0 rings (SSSR count). The maximum atomic E-state index is 11.5. The van der Waals surface area contributed by atoms with Crippen LogP contribution in [0.15, 0.2) is 11.1 Å². The molecule has 0 amide bonds. The van der Waals surface area contributed by atoms with E-state index in [1.54, 1.807) is 0 Å². The van der Waals surface area contributed by atoms with Crippen LogP contribution in [0.3, 0.4) is 0 Å². The highest BCUT2D eigenvalue weighted by atomic mass is 16.5. The number of carbonyl (C=O) groups is 2. The lowest BCUT2D eigenvalue weighted by molar-refractivity contribution is -0.140. The number of carboxylic acid groups (broad SMARTS) is 1. The number of carbonyl (C=O) groups excluding carboxylic acids is 1. The van der Waals surface area contributed by atoms with Gasteiger partial charge in [0.05, 0.1) is 6.61 Å². The van der Waals surface area contributed by atoms with Gasteiger partial charge in [0, 0.05) is 11.1 Å². The van der Waals surface area contributed by atoms with Crippen LogP contribution >= 0.6 is 0 Å². The number of rotatable bonds is 9. The molecular weight excluding hydrogens is 232 g/mol. The maximum absolute atomic E-state index is 11.5. The summed E-state index contributed by atoms with van der Waals surface area (Å²) >= 11 is 0. The predicted molar refractivity (Wildman–Crippen MR) is 70.3 cm³/mol. The minimum atomic E-state index is -1.08. The summed E-state index contributed by atoms with van der Waals surface area (Å²) in [6.07, 6.45) is 6.74. The normalized spacial score (nSPS) is 11.9. The second-order valence-corrected chi connectivity index (χ2v) is 4.46. The molecule has 0 saturated heterocycles. The van der Waals surface area contributed by atoms with Gasteiger partial charge in [-0.25, -0.2) is 9.59 Å². The van der Waals surface area contributed by atoms with Crippen molar-refractivity contribution >= 4 is 11.9 Å². The fourth-order valence-electron chi connectivity index (χ4n) is 1.47. The van der Waals surface area contributed by atoms with Crippen LogP contribution in [0.2, 0.25) is 0 Å². The summed E-state index contributed by atoms with van der Waals surface area (Å²) in [4.78, 5) is 22.1. The topological polar surface area (TPSA) is 63.6 Å². The van der Waals surface area contributed by atoms with Crippen LogP contribution in [-0.2, 0) is 14.3 Å². The minimum Gasteiger partial charge on any atom is -0.478 e. The van der Waals surface area contributed by atoms with Crippen molar-refractivity contribution in [2.45, 2.75) is 59.3 Å². The number of hydrogen-bond acceptors (Lipinski definition) is 3. The number of esters is 1. The first-order chi connectivity index (χ1) is 8.50. The van der Waals surface area contributed by atoms with Crippen LogP contribution in [0, 0.1) is 0 Å². The molecule has 0 bridgehead atoms. The molecule has 104 valence electrons. The zero-order valence-electron chi connectivity index (χ0n) is 11.6. The van der Waals surface area contributed by atoms with Crippen LogP contribution in [0.1, 0.15) is 59.3 Å². The molecule has 0 unspecified atom stereocenters. The Kier molecular flexibility index (Phi) is 8.97. The third-order valence-corrected chi connectivity index (χ3v) is 2.92. The van der Waals surface area contributed by atoms with Crippen LogP contribution in [0.5, 0.6) is 0 Å². The van der Waals surface area contributed by atoms with Gasteiger partial charge in [-0.3, -0.25) is 0 Å². The summed E-state index contributed by atoms with van der Waals surface area (Å²) < 4.78 is 5.02. The number of hydrogen-bond donors (Lipinski definition) is 1. The van der Waals surface area contributed by atoms with E-state index in [4.69, 9.17) is 9.84 Å². The van der Waals surface area contributed by atoms with E-state index >= 15 is 0 Å². The van der Waals surface area contributed by atoms with E-state index in [0.717, 1.165) is 19.3 Å². The standard InChI is InChI=1S/C14H24O4/c1-4-5-6-7-8-9-10-18-14(17)12(3)11(2)13(15)16/h4-10H2,1-3H3,(H,15,16)/b12-11-. The van der Waals surface area contributed by atoms with E-state index in [9.17, 15) is 9.59 Å². The van der Waals surface area contributed by atoms with Crippen molar-refractivity contribution in [3.8, 4) is 0 Å². The Morgan fingerprint density at radius 2 is 1.50 bits per heavy atom. The lowest BCUT2D eigenvalue weighted by Gasteiger charge is -2.06.